The fourth-order valence-electron chi connectivity index (χ4n) is 2.24. The van der Waals surface area contributed by atoms with Gasteiger partial charge in [0.2, 0.25) is 5.82 Å². The second-order valence-electron chi connectivity index (χ2n) is 4.80. The SMILES string of the molecule is Cc1ccc([N+](=O)[O-])c(N(C)C(CN)C2CC2)n1. The standard InChI is InChI=1S/C12H18N4O2/c1-8-3-6-10(16(17)18)12(14-8)15(2)11(7-13)9-4-5-9/h3,6,9,11H,4-5,7,13H2,1-2H3. The molecule has 1 aromatic heterocycles. The first kappa shape index (κ1) is 12.8. The van der Waals surface area contributed by atoms with Gasteiger partial charge < -0.3 is 10.6 Å². The first-order chi connectivity index (χ1) is 8.54. The number of hydrogen-bond donors (Lipinski definition) is 1. The quantitative estimate of drug-likeness (QED) is 0.631. The van der Waals surface area contributed by atoms with Gasteiger partial charge in [0.15, 0.2) is 0 Å². The lowest BCUT2D eigenvalue weighted by atomic mass is 10.1. The summed E-state index contributed by atoms with van der Waals surface area (Å²) in [5, 5.41) is 11.0. The molecule has 6 nitrogen and oxygen atoms in total. The van der Waals surface area contributed by atoms with Crippen LogP contribution >= 0.6 is 0 Å². The van der Waals surface area contributed by atoms with Gasteiger partial charge >= 0.3 is 5.69 Å². The topological polar surface area (TPSA) is 85.3 Å². The van der Waals surface area contributed by atoms with E-state index in [1.807, 2.05) is 18.9 Å². The predicted molar refractivity (Wildman–Crippen MR) is 69.6 cm³/mol. The van der Waals surface area contributed by atoms with E-state index in [1.165, 1.54) is 6.07 Å². The Hall–Kier alpha value is -1.69. The molecule has 0 amide bonds. The molecule has 0 aromatic carbocycles. The molecule has 18 heavy (non-hydrogen) atoms. The van der Waals surface area contributed by atoms with Gasteiger partial charge in [0.05, 0.1) is 4.92 Å². The summed E-state index contributed by atoms with van der Waals surface area (Å²) < 4.78 is 0. The van der Waals surface area contributed by atoms with Crippen LogP contribution in [0.25, 0.3) is 0 Å². The third kappa shape index (κ3) is 2.43. The molecule has 1 saturated carbocycles. The molecule has 0 aliphatic heterocycles. The van der Waals surface area contributed by atoms with E-state index in [-0.39, 0.29) is 11.7 Å². The molecule has 0 radical (unpaired) electrons. The number of rotatable bonds is 5. The zero-order valence-corrected chi connectivity index (χ0v) is 10.7. The van der Waals surface area contributed by atoms with Crippen molar-refractivity contribution in [3.63, 3.8) is 0 Å². The van der Waals surface area contributed by atoms with Crippen molar-refractivity contribution < 1.29 is 4.92 Å². The third-order valence-electron chi connectivity index (χ3n) is 3.43. The van der Waals surface area contributed by atoms with Crippen LogP contribution < -0.4 is 10.6 Å². The van der Waals surface area contributed by atoms with Gasteiger partial charge in [-0.1, -0.05) is 0 Å². The Bertz CT molecular complexity index is 459. The average Bonchev–Trinajstić information content (AvgIpc) is 3.13. The van der Waals surface area contributed by atoms with Crippen LogP contribution in [-0.2, 0) is 0 Å². The van der Waals surface area contributed by atoms with Gasteiger partial charge in [0, 0.05) is 31.4 Å². The smallest absolute Gasteiger partial charge is 0.311 e. The van der Waals surface area contributed by atoms with Crippen molar-refractivity contribution in [2.24, 2.45) is 11.7 Å². The van der Waals surface area contributed by atoms with Gasteiger partial charge in [-0.3, -0.25) is 10.1 Å². The van der Waals surface area contributed by atoms with E-state index in [2.05, 4.69) is 4.98 Å². The van der Waals surface area contributed by atoms with Gasteiger partial charge in [-0.2, -0.15) is 0 Å². The van der Waals surface area contributed by atoms with Gasteiger partial charge in [-0.25, -0.2) is 4.98 Å². The van der Waals surface area contributed by atoms with E-state index in [9.17, 15) is 10.1 Å². The van der Waals surface area contributed by atoms with Crippen LogP contribution in [0.1, 0.15) is 18.5 Å². The molecule has 0 bridgehead atoms. The largest absolute Gasteiger partial charge is 0.349 e. The number of pyridine rings is 1. The maximum atomic E-state index is 11.0. The fraction of sp³-hybridized carbons (Fsp3) is 0.583. The average molecular weight is 250 g/mol. The van der Waals surface area contributed by atoms with Crippen molar-refractivity contribution in [1.29, 1.82) is 0 Å². The van der Waals surface area contributed by atoms with Crippen LogP contribution in [0.4, 0.5) is 11.5 Å². The molecule has 2 N–H and O–H groups in total. The molecule has 1 heterocycles. The summed E-state index contributed by atoms with van der Waals surface area (Å²) in [6.45, 7) is 2.32. The number of hydrogen-bond acceptors (Lipinski definition) is 5. The van der Waals surface area contributed by atoms with Crippen LogP contribution in [0.5, 0.6) is 0 Å². The van der Waals surface area contributed by atoms with E-state index >= 15 is 0 Å². The highest BCUT2D eigenvalue weighted by molar-refractivity contribution is 5.58. The molecule has 0 saturated heterocycles. The number of likely N-dealkylation sites (N-methyl/N-ethyl adjacent to an activating group) is 1. The molecule has 1 aliphatic rings. The summed E-state index contributed by atoms with van der Waals surface area (Å²) in [5.74, 6) is 0.962. The first-order valence-corrected chi connectivity index (χ1v) is 6.09. The Labute approximate surface area is 106 Å². The van der Waals surface area contributed by atoms with Crippen molar-refractivity contribution in [3.05, 3.63) is 27.9 Å². The maximum absolute atomic E-state index is 11.0. The van der Waals surface area contributed by atoms with Crippen LogP contribution in [0.15, 0.2) is 12.1 Å². The van der Waals surface area contributed by atoms with Crippen LogP contribution in [0, 0.1) is 23.0 Å². The normalized spacial score (nSPS) is 16.4. The number of nitrogens with zero attached hydrogens (tertiary/aromatic N) is 3. The minimum Gasteiger partial charge on any atom is -0.349 e. The Morgan fingerprint density at radius 2 is 2.28 bits per heavy atom. The fourth-order valence-corrected chi connectivity index (χ4v) is 2.24. The second kappa shape index (κ2) is 4.89. The zero-order chi connectivity index (χ0) is 13.3. The summed E-state index contributed by atoms with van der Waals surface area (Å²) in [6, 6.07) is 3.30. The Kier molecular flexibility index (Phi) is 3.47. The Balaban J connectivity index is 2.35. The number of anilines is 1. The molecular weight excluding hydrogens is 232 g/mol. The van der Waals surface area contributed by atoms with Crippen molar-refractivity contribution in [1.82, 2.24) is 4.98 Å². The molecule has 98 valence electrons. The number of nitrogens with two attached hydrogens (primary N) is 1. The van der Waals surface area contributed by atoms with E-state index in [4.69, 9.17) is 5.73 Å². The third-order valence-corrected chi connectivity index (χ3v) is 3.43. The molecule has 0 spiro atoms. The summed E-state index contributed by atoms with van der Waals surface area (Å²) in [4.78, 5) is 16.8. The van der Waals surface area contributed by atoms with E-state index < -0.39 is 4.92 Å². The van der Waals surface area contributed by atoms with Gasteiger partial charge in [-0.05, 0) is 31.7 Å². The molecule has 1 atom stereocenters. The lowest BCUT2D eigenvalue weighted by Gasteiger charge is -2.27. The van der Waals surface area contributed by atoms with Gasteiger partial charge in [0.1, 0.15) is 0 Å². The first-order valence-electron chi connectivity index (χ1n) is 6.09. The minimum absolute atomic E-state index is 0.0437. The van der Waals surface area contributed by atoms with Crippen molar-refractivity contribution in [2.75, 3.05) is 18.5 Å². The highest BCUT2D eigenvalue weighted by atomic mass is 16.6. The van der Waals surface area contributed by atoms with Crippen LogP contribution in [-0.4, -0.2) is 29.5 Å². The Morgan fingerprint density at radius 3 is 2.78 bits per heavy atom. The molecule has 2 rings (SSSR count). The number of aromatic nitrogens is 1. The minimum atomic E-state index is -0.390. The highest BCUT2D eigenvalue weighted by Crippen LogP contribution is 2.37. The van der Waals surface area contributed by atoms with Crippen LogP contribution in [0.3, 0.4) is 0 Å². The van der Waals surface area contributed by atoms with Gasteiger partial charge in [0.25, 0.3) is 0 Å². The predicted octanol–water partition coefficient (Wildman–Crippen LogP) is 1.47. The van der Waals surface area contributed by atoms with E-state index in [1.54, 1.807) is 6.07 Å². The molecule has 1 aliphatic carbocycles. The molecule has 1 fully saturated rings. The molecule has 6 heteroatoms. The van der Waals surface area contributed by atoms with Crippen molar-refractivity contribution in [3.8, 4) is 0 Å². The Morgan fingerprint density at radius 1 is 1.61 bits per heavy atom. The summed E-state index contributed by atoms with van der Waals surface area (Å²) in [7, 11) is 1.84. The summed E-state index contributed by atoms with van der Waals surface area (Å²) >= 11 is 0. The molecular formula is C12H18N4O2. The van der Waals surface area contributed by atoms with E-state index in [0.717, 1.165) is 18.5 Å². The molecule has 1 aromatic rings. The number of nitro groups is 1. The van der Waals surface area contributed by atoms with Crippen molar-refractivity contribution >= 4 is 11.5 Å². The lowest BCUT2D eigenvalue weighted by Crippen LogP contribution is -2.40. The summed E-state index contributed by atoms with van der Waals surface area (Å²) in [6.07, 6.45) is 2.29. The van der Waals surface area contributed by atoms with Gasteiger partial charge in [-0.15, -0.1) is 0 Å². The second-order valence-corrected chi connectivity index (χ2v) is 4.80. The highest BCUT2D eigenvalue weighted by Gasteiger charge is 2.35. The number of aryl methyl sites for hydroxylation is 1. The monoisotopic (exact) mass is 250 g/mol. The molecule has 1 unspecified atom stereocenters. The van der Waals surface area contributed by atoms with Crippen molar-refractivity contribution in [2.45, 2.75) is 25.8 Å². The zero-order valence-electron chi connectivity index (χ0n) is 10.7. The van der Waals surface area contributed by atoms with Crippen LogP contribution in [0.2, 0.25) is 0 Å². The summed E-state index contributed by atoms with van der Waals surface area (Å²) in [5.41, 5.74) is 6.59. The van der Waals surface area contributed by atoms with E-state index in [0.29, 0.717) is 18.3 Å². The maximum Gasteiger partial charge on any atom is 0.311 e. The lowest BCUT2D eigenvalue weighted by molar-refractivity contribution is -0.384.